The van der Waals surface area contributed by atoms with Crippen molar-refractivity contribution in [3.8, 4) is 0 Å². The van der Waals surface area contributed by atoms with E-state index in [0.29, 0.717) is 0 Å². The lowest BCUT2D eigenvalue weighted by Gasteiger charge is -2.45. The van der Waals surface area contributed by atoms with Gasteiger partial charge in [0.1, 0.15) is 0 Å². The Morgan fingerprint density at radius 1 is 1.23 bits per heavy atom. The van der Waals surface area contributed by atoms with Crippen molar-refractivity contribution in [2.45, 2.75) is 25.3 Å². The average molecular weight is 236 g/mol. The maximum atomic E-state index is 2.90. The van der Waals surface area contributed by atoms with E-state index in [-0.39, 0.29) is 0 Å². The van der Waals surface area contributed by atoms with Gasteiger partial charge in [-0.05, 0) is 33.6 Å². The minimum Gasteiger partial charge on any atom is -0.287 e. The van der Waals surface area contributed by atoms with Crippen LogP contribution in [0.3, 0.4) is 0 Å². The van der Waals surface area contributed by atoms with E-state index in [0.717, 1.165) is 20.4 Å². The van der Waals surface area contributed by atoms with Gasteiger partial charge < -0.3 is 0 Å². The van der Waals surface area contributed by atoms with Crippen molar-refractivity contribution in [3.63, 3.8) is 0 Å². The monoisotopic (exact) mass is 236 g/mol. The van der Waals surface area contributed by atoms with Crippen LogP contribution < -0.4 is 0 Å². The van der Waals surface area contributed by atoms with E-state index < -0.39 is 0 Å². The third kappa shape index (κ3) is 2.42. The Labute approximate surface area is 87.4 Å². The van der Waals surface area contributed by atoms with Gasteiger partial charge in [-0.1, -0.05) is 18.3 Å². The summed E-state index contributed by atoms with van der Waals surface area (Å²) in [7, 11) is 6.70. The fraction of sp³-hybridized carbons (Fsp3) is 1.00. The van der Waals surface area contributed by atoms with Crippen LogP contribution in [0.1, 0.15) is 19.3 Å². The molecule has 2 aliphatic heterocycles. The van der Waals surface area contributed by atoms with Gasteiger partial charge in [0.05, 0.1) is 0 Å². The maximum absolute atomic E-state index is 2.90. The molecule has 76 valence electrons. The van der Waals surface area contributed by atoms with Gasteiger partial charge in [-0.25, -0.2) is 0 Å². The van der Waals surface area contributed by atoms with Gasteiger partial charge in [-0.15, -0.1) is 0 Å². The molecule has 2 heterocycles. The predicted octanol–water partition coefficient (Wildman–Crippen LogP) is 1.95. The van der Waals surface area contributed by atoms with Crippen LogP contribution in [-0.4, -0.2) is 35.0 Å². The van der Waals surface area contributed by atoms with Gasteiger partial charge in [0, 0.05) is 25.7 Å². The number of hydrogen-bond donors (Lipinski definition) is 0. The Morgan fingerprint density at radius 3 is 2.85 bits per heavy atom. The quantitative estimate of drug-likeness (QED) is 0.642. The number of hydrogen-bond acceptors (Lipinski definition) is 2. The Kier molecular flexibility index (Phi) is 3.98. The number of piperidine rings is 2. The maximum Gasteiger partial charge on any atom is 0.0187 e. The highest BCUT2D eigenvalue weighted by Gasteiger charge is 2.34. The van der Waals surface area contributed by atoms with Crippen molar-refractivity contribution >= 4 is 26.7 Å². The molecule has 5 unspecified atom stereocenters. The molecule has 0 saturated carbocycles. The topological polar surface area (TPSA) is 6.48 Å². The molecular weight excluding hydrogens is 217 g/mol. The van der Waals surface area contributed by atoms with Crippen LogP contribution in [-0.2, 0) is 0 Å². The molecule has 0 aromatic carbocycles. The Hall–Kier alpha value is 1.21. The Balaban J connectivity index is 1.99. The van der Waals surface area contributed by atoms with Gasteiger partial charge in [0.2, 0.25) is 0 Å². The molecule has 2 saturated heterocycles. The first-order valence-electron chi connectivity index (χ1n) is 5.04. The molecule has 2 aliphatic rings. The molecule has 0 aromatic heterocycles. The molecule has 0 radical (unpaired) electrons. The summed E-state index contributed by atoms with van der Waals surface area (Å²) in [5, 5.41) is 0. The molecule has 0 aromatic rings. The first-order chi connectivity index (χ1) is 6.31. The van der Waals surface area contributed by atoms with Gasteiger partial charge in [-0.2, -0.15) is 0 Å². The zero-order valence-electron chi connectivity index (χ0n) is 7.95. The second kappa shape index (κ2) is 4.82. The first-order valence-corrected chi connectivity index (χ1v) is 8.31. The highest BCUT2D eigenvalue weighted by molar-refractivity contribution is 8.01. The summed E-state index contributed by atoms with van der Waals surface area (Å²) in [6.07, 6.45) is 4.22. The zero-order valence-corrected chi connectivity index (χ0v) is 11.3. The minimum absolute atomic E-state index is 0.890. The van der Waals surface area contributed by atoms with Gasteiger partial charge in [0.15, 0.2) is 0 Å². The third-order valence-electron chi connectivity index (χ3n) is 3.27. The fourth-order valence-corrected chi connectivity index (χ4v) is 4.79. The number of rotatable bonds is 1. The fourth-order valence-electron chi connectivity index (χ4n) is 2.59. The Bertz CT molecular complexity index is 179. The smallest absolute Gasteiger partial charge is 0.0187 e. The molecule has 5 atom stereocenters. The highest BCUT2D eigenvalue weighted by Crippen LogP contribution is 2.40. The van der Waals surface area contributed by atoms with Gasteiger partial charge in [-0.3, -0.25) is 9.34 Å². The van der Waals surface area contributed by atoms with Crippen LogP contribution in [0.15, 0.2) is 0 Å². The van der Waals surface area contributed by atoms with Crippen LogP contribution in [0.4, 0.5) is 0 Å². The van der Waals surface area contributed by atoms with Crippen LogP contribution in [0.5, 0.6) is 0 Å². The van der Waals surface area contributed by atoms with E-state index >= 15 is 0 Å². The predicted molar refractivity (Wildman–Crippen MR) is 67.1 cm³/mol. The van der Waals surface area contributed by atoms with Crippen molar-refractivity contribution in [1.29, 1.82) is 0 Å². The molecule has 2 fully saturated rings. The highest BCUT2D eigenvalue weighted by atomic mass is 32.0. The summed E-state index contributed by atoms with van der Waals surface area (Å²) >= 11 is 0. The SMILES string of the molecule is PPN1CCCC2CN(P)CCC21. The second-order valence-electron chi connectivity index (χ2n) is 4.08. The lowest BCUT2D eigenvalue weighted by atomic mass is 9.86. The minimum atomic E-state index is 0.890. The van der Waals surface area contributed by atoms with Crippen molar-refractivity contribution in [1.82, 2.24) is 9.34 Å². The molecule has 13 heavy (non-hydrogen) atoms. The zero-order chi connectivity index (χ0) is 9.26. The lowest BCUT2D eigenvalue weighted by Crippen LogP contribution is -2.48. The van der Waals surface area contributed by atoms with Crippen LogP contribution >= 0.6 is 26.7 Å². The van der Waals surface area contributed by atoms with E-state index in [1.54, 1.807) is 0 Å². The van der Waals surface area contributed by atoms with E-state index in [2.05, 4.69) is 27.7 Å². The second-order valence-corrected chi connectivity index (χ2v) is 6.41. The molecule has 5 heteroatoms. The van der Waals surface area contributed by atoms with Crippen molar-refractivity contribution < 1.29 is 0 Å². The summed E-state index contributed by atoms with van der Waals surface area (Å²) in [5.41, 5.74) is 0. The third-order valence-corrected chi connectivity index (χ3v) is 5.62. The number of nitrogens with zero attached hydrogens (tertiary/aromatic N) is 2. The average Bonchev–Trinajstić information content (AvgIpc) is 2.16. The normalized spacial score (nSPS) is 38.3. The standard InChI is InChI=1S/C8H19N2P3/c11-9-5-3-8-7(6-9)2-1-4-10(8)13-12/h7-8,13H,1-6,11-12H2. The summed E-state index contributed by atoms with van der Waals surface area (Å²) in [6.45, 7) is 3.89. The summed E-state index contributed by atoms with van der Waals surface area (Å²) in [5.74, 6) is 0.938. The van der Waals surface area contributed by atoms with Gasteiger partial charge in [0.25, 0.3) is 0 Å². The summed E-state index contributed by atoms with van der Waals surface area (Å²) in [4.78, 5) is 0. The molecule has 0 spiro atoms. The summed E-state index contributed by atoms with van der Waals surface area (Å²) < 4.78 is 5.09. The van der Waals surface area contributed by atoms with E-state index in [1.807, 2.05) is 0 Å². The van der Waals surface area contributed by atoms with Crippen LogP contribution in [0, 0.1) is 5.92 Å². The molecular formula is C8H19N2P3. The molecule has 0 bridgehead atoms. The van der Waals surface area contributed by atoms with Gasteiger partial charge >= 0.3 is 0 Å². The van der Waals surface area contributed by atoms with Crippen molar-refractivity contribution in [2.75, 3.05) is 19.6 Å². The largest absolute Gasteiger partial charge is 0.287 e. The molecule has 2 nitrogen and oxygen atoms in total. The van der Waals surface area contributed by atoms with Crippen molar-refractivity contribution in [3.05, 3.63) is 0 Å². The van der Waals surface area contributed by atoms with Crippen LogP contribution in [0.2, 0.25) is 0 Å². The first kappa shape index (κ1) is 10.7. The molecule has 0 amide bonds. The number of fused-ring (bicyclic) bond motifs is 1. The lowest BCUT2D eigenvalue weighted by molar-refractivity contribution is 0.117. The molecule has 0 aliphatic carbocycles. The van der Waals surface area contributed by atoms with Crippen LogP contribution in [0.25, 0.3) is 0 Å². The van der Waals surface area contributed by atoms with E-state index in [4.69, 9.17) is 0 Å². The molecule has 2 rings (SSSR count). The molecule has 0 N–H and O–H groups in total. The van der Waals surface area contributed by atoms with Crippen molar-refractivity contribution in [2.24, 2.45) is 5.92 Å². The Morgan fingerprint density at radius 2 is 2.08 bits per heavy atom. The van der Waals surface area contributed by atoms with E-state index in [1.165, 1.54) is 38.9 Å². The van der Waals surface area contributed by atoms with E-state index in [9.17, 15) is 0 Å². The summed E-state index contributed by atoms with van der Waals surface area (Å²) in [6, 6.07) is 0.890.